The van der Waals surface area contributed by atoms with E-state index in [1.165, 1.54) is 0 Å². The number of benzene rings is 1. The molecule has 19 heavy (non-hydrogen) atoms. The Hall–Kier alpha value is -0.580. The van der Waals surface area contributed by atoms with Gasteiger partial charge in [0.15, 0.2) is 0 Å². The molecule has 0 spiro atoms. The highest BCUT2D eigenvalue weighted by Crippen LogP contribution is 2.26. The molecular formula is C14H21BrClNO2. The second-order valence-corrected chi connectivity index (χ2v) is 6.39. The van der Waals surface area contributed by atoms with Crippen LogP contribution >= 0.6 is 11.6 Å². The van der Waals surface area contributed by atoms with E-state index in [1.807, 2.05) is 44.2 Å². The molecule has 0 aliphatic heterocycles. The summed E-state index contributed by atoms with van der Waals surface area (Å²) in [6, 6.07) is 9.00. The maximum absolute atomic E-state index is 12.0. The van der Waals surface area contributed by atoms with Gasteiger partial charge in [-0.25, -0.2) is 4.79 Å². The van der Waals surface area contributed by atoms with Crippen LogP contribution in [0.25, 0.3) is 0 Å². The quantitative estimate of drug-likeness (QED) is 0.565. The van der Waals surface area contributed by atoms with Crippen molar-refractivity contribution in [2.75, 3.05) is 0 Å². The van der Waals surface area contributed by atoms with E-state index in [2.05, 4.69) is 5.73 Å². The van der Waals surface area contributed by atoms with E-state index in [0.29, 0.717) is 0 Å². The van der Waals surface area contributed by atoms with E-state index in [1.54, 1.807) is 13.8 Å². The topological polar surface area (TPSA) is 53.9 Å². The number of quaternary nitrogens is 1. The Balaban J connectivity index is 0.00000324. The monoisotopic (exact) mass is 349 g/mol. The van der Waals surface area contributed by atoms with E-state index in [9.17, 15) is 4.79 Å². The Kier molecular flexibility index (Phi) is 6.52. The lowest BCUT2D eigenvalue weighted by molar-refractivity contribution is -0.416. The number of rotatable bonds is 4. The van der Waals surface area contributed by atoms with Gasteiger partial charge in [0, 0.05) is 0 Å². The zero-order chi connectivity index (χ0) is 14.0. The normalized spacial score (nSPS) is 13.4. The number of esters is 1. The minimum atomic E-state index is -0.718. The average Bonchev–Trinajstić information content (AvgIpc) is 2.27. The predicted octanol–water partition coefficient (Wildman–Crippen LogP) is -0.903. The average molecular weight is 351 g/mol. The third kappa shape index (κ3) is 5.13. The fourth-order valence-electron chi connectivity index (χ4n) is 1.50. The molecular weight excluding hydrogens is 330 g/mol. The van der Waals surface area contributed by atoms with Gasteiger partial charge in [-0.2, -0.15) is 0 Å². The molecule has 3 nitrogen and oxygen atoms in total. The lowest BCUT2D eigenvalue weighted by Gasteiger charge is -2.28. The van der Waals surface area contributed by atoms with Gasteiger partial charge < -0.3 is 27.5 Å². The highest BCUT2D eigenvalue weighted by atomic mass is 79.9. The summed E-state index contributed by atoms with van der Waals surface area (Å²) in [5.74, 6) is -0.385. The smallest absolute Gasteiger partial charge is 0.367 e. The minimum absolute atomic E-state index is 0. The molecule has 0 aliphatic rings. The first-order valence-electron chi connectivity index (χ1n) is 5.95. The molecule has 108 valence electrons. The molecule has 1 atom stereocenters. The van der Waals surface area contributed by atoms with Crippen LogP contribution in [0, 0.1) is 0 Å². The summed E-state index contributed by atoms with van der Waals surface area (Å²) in [5.41, 5.74) is 4.04. The van der Waals surface area contributed by atoms with Gasteiger partial charge in [0.25, 0.3) is 0 Å². The number of carbonyl (C=O) groups is 1. The molecule has 0 amide bonds. The lowest BCUT2D eigenvalue weighted by Crippen LogP contribution is -3.00. The van der Waals surface area contributed by atoms with Crippen LogP contribution in [-0.4, -0.2) is 16.9 Å². The van der Waals surface area contributed by atoms with Gasteiger partial charge in [0.2, 0.25) is 6.04 Å². The van der Waals surface area contributed by atoms with Gasteiger partial charge in [-0.05, 0) is 33.3 Å². The number of hydrogen-bond acceptors (Lipinski definition) is 2. The van der Waals surface area contributed by atoms with Gasteiger partial charge in [0.1, 0.15) is 10.5 Å². The van der Waals surface area contributed by atoms with Crippen LogP contribution in [0.2, 0.25) is 0 Å². The summed E-state index contributed by atoms with van der Waals surface area (Å²) < 4.78 is 5.53. The summed E-state index contributed by atoms with van der Waals surface area (Å²) in [4.78, 5) is 11.3. The molecule has 0 aliphatic carbocycles. The summed E-state index contributed by atoms with van der Waals surface area (Å²) in [5, 5.41) is 0. The fraction of sp³-hybridized carbons (Fsp3) is 0.500. The number of carbonyl (C=O) groups excluding carboxylic acids is 1. The molecule has 0 radical (unpaired) electrons. The van der Waals surface area contributed by atoms with Crippen LogP contribution in [0.4, 0.5) is 0 Å². The highest BCUT2D eigenvalue weighted by molar-refractivity contribution is 6.25. The van der Waals surface area contributed by atoms with Crippen LogP contribution in [0.1, 0.15) is 33.3 Å². The predicted molar refractivity (Wildman–Crippen MR) is 72.2 cm³/mol. The van der Waals surface area contributed by atoms with Crippen molar-refractivity contribution in [3.05, 3.63) is 35.9 Å². The van der Waals surface area contributed by atoms with Gasteiger partial charge in [0.05, 0.1) is 0 Å². The first-order valence-corrected chi connectivity index (χ1v) is 6.33. The molecule has 0 saturated heterocycles. The van der Waals surface area contributed by atoms with Crippen molar-refractivity contribution < 1.29 is 32.2 Å². The Bertz CT molecular complexity index is 415. The maximum atomic E-state index is 12.0. The van der Waals surface area contributed by atoms with Crippen molar-refractivity contribution in [1.82, 2.24) is 0 Å². The minimum Gasteiger partial charge on any atom is -1.00 e. The Morgan fingerprint density at radius 1 is 1.21 bits per heavy atom. The van der Waals surface area contributed by atoms with Crippen LogP contribution in [0.3, 0.4) is 0 Å². The third-order valence-corrected chi connectivity index (χ3v) is 3.20. The van der Waals surface area contributed by atoms with Gasteiger partial charge in [-0.3, -0.25) is 0 Å². The van der Waals surface area contributed by atoms with Crippen molar-refractivity contribution in [2.24, 2.45) is 0 Å². The van der Waals surface area contributed by atoms with Gasteiger partial charge in [-0.1, -0.05) is 30.3 Å². The molecule has 0 fully saturated rings. The highest BCUT2D eigenvalue weighted by Gasteiger charge is 2.38. The molecule has 0 bridgehead atoms. The molecule has 0 aromatic heterocycles. The van der Waals surface area contributed by atoms with Crippen molar-refractivity contribution in [2.45, 2.75) is 44.2 Å². The van der Waals surface area contributed by atoms with Crippen molar-refractivity contribution in [3.8, 4) is 0 Å². The molecule has 5 heteroatoms. The second kappa shape index (κ2) is 6.73. The second-order valence-electron chi connectivity index (χ2n) is 5.41. The zero-order valence-electron chi connectivity index (χ0n) is 11.7. The van der Waals surface area contributed by atoms with Crippen molar-refractivity contribution >= 4 is 17.6 Å². The summed E-state index contributed by atoms with van der Waals surface area (Å²) in [6.45, 7) is 7.22. The number of alkyl halides is 1. The van der Waals surface area contributed by atoms with Crippen LogP contribution in [0.15, 0.2) is 30.3 Å². The number of halogens is 2. The largest absolute Gasteiger partial charge is 1.00 e. The van der Waals surface area contributed by atoms with Crippen LogP contribution in [0.5, 0.6) is 0 Å². The fourth-order valence-corrected chi connectivity index (χ4v) is 1.59. The summed E-state index contributed by atoms with van der Waals surface area (Å²) >= 11 is 6.09. The number of ether oxygens (including phenoxy) is 1. The Morgan fingerprint density at radius 3 is 2.11 bits per heavy atom. The van der Waals surface area contributed by atoms with Crippen LogP contribution < -0.4 is 22.7 Å². The van der Waals surface area contributed by atoms with E-state index in [4.69, 9.17) is 16.3 Å². The van der Waals surface area contributed by atoms with Crippen molar-refractivity contribution in [1.29, 1.82) is 0 Å². The Morgan fingerprint density at radius 2 is 1.68 bits per heavy atom. The third-order valence-electron chi connectivity index (χ3n) is 2.94. The van der Waals surface area contributed by atoms with Crippen molar-refractivity contribution in [3.63, 3.8) is 0 Å². The molecule has 1 aromatic rings. The SMILES string of the molecule is CC(C)(OC(=O)[C@@H]([NH3+])C(C)(C)Cl)c1ccccc1.[Br-]. The molecule has 0 saturated carbocycles. The first-order chi connectivity index (χ1) is 8.14. The summed E-state index contributed by atoms with van der Waals surface area (Å²) in [7, 11) is 0. The molecule has 0 heterocycles. The van der Waals surface area contributed by atoms with Gasteiger partial charge in [-0.15, -0.1) is 11.6 Å². The summed E-state index contributed by atoms with van der Waals surface area (Å²) in [6.07, 6.45) is 0. The molecule has 0 unspecified atom stereocenters. The van der Waals surface area contributed by atoms with Gasteiger partial charge >= 0.3 is 5.97 Å². The number of hydrogen-bond donors (Lipinski definition) is 1. The molecule has 3 N–H and O–H groups in total. The van der Waals surface area contributed by atoms with E-state index in [0.717, 1.165) is 5.56 Å². The van der Waals surface area contributed by atoms with E-state index < -0.39 is 16.5 Å². The maximum Gasteiger partial charge on any atom is 0.367 e. The first kappa shape index (κ1) is 18.4. The standard InChI is InChI=1S/C14H20ClNO2.BrH/c1-13(2,15)11(16)12(17)18-14(3,4)10-8-6-5-7-9-10;/h5-9,11H,16H2,1-4H3;1H/t11-;/m1./s1. The van der Waals surface area contributed by atoms with E-state index in [-0.39, 0.29) is 23.0 Å². The lowest BCUT2D eigenvalue weighted by atomic mass is 9.97. The zero-order valence-corrected chi connectivity index (χ0v) is 14.1. The molecule has 1 aromatic carbocycles. The molecule has 1 rings (SSSR count). The van der Waals surface area contributed by atoms with E-state index >= 15 is 0 Å². The Labute approximate surface area is 130 Å². The van der Waals surface area contributed by atoms with Crippen LogP contribution in [-0.2, 0) is 15.1 Å².